The molecule has 0 saturated heterocycles. The molecule has 0 bridgehead atoms. The van der Waals surface area contributed by atoms with Crippen molar-refractivity contribution < 1.29 is 9.47 Å². The lowest BCUT2D eigenvalue weighted by molar-refractivity contribution is 0.143. The highest BCUT2D eigenvalue weighted by Crippen LogP contribution is 2.10. The lowest BCUT2D eigenvalue weighted by atomic mass is 10.5. The van der Waals surface area contributed by atoms with Crippen molar-refractivity contribution in [2.75, 3.05) is 32.2 Å². The van der Waals surface area contributed by atoms with E-state index >= 15 is 0 Å². The molecule has 1 aromatic rings. The number of hydrogen-bond acceptors (Lipinski definition) is 5. The van der Waals surface area contributed by atoms with Crippen LogP contribution < -0.4 is 10.1 Å². The van der Waals surface area contributed by atoms with Crippen molar-refractivity contribution in [2.45, 2.75) is 6.92 Å². The lowest BCUT2D eigenvalue weighted by Gasteiger charge is -2.06. The van der Waals surface area contributed by atoms with Gasteiger partial charge in [0.15, 0.2) is 0 Å². The number of aromatic nitrogens is 2. The molecule has 0 fully saturated rings. The molecule has 0 unspecified atom stereocenters. The maximum atomic E-state index is 5.32. The summed E-state index contributed by atoms with van der Waals surface area (Å²) in [5.74, 6) is 1.34. The summed E-state index contributed by atoms with van der Waals surface area (Å²) in [7, 11) is 1.63. The van der Waals surface area contributed by atoms with Crippen LogP contribution in [0, 0.1) is 0 Å². The van der Waals surface area contributed by atoms with Crippen LogP contribution in [-0.4, -0.2) is 36.8 Å². The van der Waals surface area contributed by atoms with Gasteiger partial charge in [0.1, 0.15) is 18.8 Å². The Bertz CT molecular complexity index is 268. The average Bonchev–Trinajstić information content (AvgIpc) is 2.19. The van der Waals surface area contributed by atoms with Crippen molar-refractivity contribution in [1.29, 1.82) is 0 Å². The number of rotatable bonds is 6. The first-order chi connectivity index (χ1) is 6.86. The quantitative estimate of drug-likeness (QED) is 0.688. The number of ether oxygens (including phenoxy) is 2. The number of hydrogen-bond donors (Lipinski definition) is 1. The van der Waals surface area contributed by atoms with E-state index in [1.807, 2.05) is 6.92 Å². The molecule has 14 heavy (non-hydrogen) atoms. The minimum Gasteiger partial charge on any atom is -0.475 e. The van der Waals surface area contributed by atoms with E-state index in [1.165, 1.54) is 6.33 Å². The topological polar surface area (TPSA) is 56.3 Å². The van der Waals surface area contributed by atoms with Crippen molar-refractivity contribution in [3.63, 3.8) is 0 Å². The summed E-state index contributed by atoms with van der Waals surface area (Å²) in [4.78, 5) is 7.99. The van der Waals surface area contributed by atoms with Gasteiger partial charge in [-0.3, -0.25) is 0 Å². The Morgan fingerprint density at radius 1 is 1.36 bits per heavy atom. The van der Waals surface area contributed by atoms with Crippen LogP contribution in [0.1, 0.15) is 6.92 Å². The molecule has 0 spiro atoms. The van der Waals surface area contributed by atoms with E-state index in [-0.39, 0.29) is 0 Å². The molecule has 0 amide bonds. The monoisotopic (exact) mass is 197 g/mol. The minimum absolute atomic E-state index is 0.499. The van der Waals surface area contributed by atoms with E-state index < -0.39 is 0 Å². The van der Waals surface area contributed by atoms with Gasteiger partial charge in [-0.15, -0.1) is 0 Å². The largest absolute Gasteiger partial charge is 0.475 e. The van der Waals surface area contributed by atoms with Crippen molar-refractivity contribution in [2.24, 2.45) is 0 Å². The van der Waals surface area contributed by atoms with Gasteiger partial charge in [-0.25, -0.2) is 9.97 Å². The molecule has 0 aliphatic carbocycles. The standard InChI is InChI=1S/C9H15N3O2/c1-3-10-8-6-9(12-7-11-8)14-5-4-13-2/h6-7H,3-5H2,1-2H3,(H,10,11,12). The van der Waals surface area contributed by atoms with Crippen molar-refractivity contribution in [1.82, 2.24) is 9.97 Å². The van der Waals surface area contributed by atoms with Gasteiger partial charge in [-0.05, 0) is 6.92 Å². The van der Waals surface area contributed by atoms with E-state index in [4.69, 9.17) is 9.47 Å². The third kappa shape index (κ3) is 3.57. The summed E-state index contributed by atoms with van der Waals surface area (Å²) in [6.07, 6.45) is 1.47. The molecule has 1 heterocycles. The number of nitrogens with one attached hydrogen (secondary N) is 1. The molecular weight excluding hydrogens is 182 g/mol. The van der Waals surface area contributed by atoms with Crippen LogP contribution in [0.25, 0.3) is 0 Å². The molecule has 0 aliphatic rings. The highest BCUT2D eigenvalue weighted by molar-refractivity contribution is 5.36. The summed E-state index contributed by atoms with van der Waals surface area (Å²) >= 11 is 0. The molecule has 5 heteroatoms. The molecule has 78 valence electrons. The van der Waals surface area contributed by atoms with Gasteiger partial charge in [-0.1, -0.05) is 0 Å². The van der Waals surface area contributed by atoms with Gasteiger partial charge in [0.05, 0.1) is 6.61 Å². The van der Waals surface area contributed by atoms with Gasteiger partial charge in [-0.2, -0.15) is 0 Å². The van der Waals surface area contributed by atoms with E-state index in [9.17, 15) is 0 Å². The maximum absolute atomic E-state index is 5.32. The van der Waals surface area contributed by atoms with Crippen LogP contribution in [0.15, 0.2) is 12.4 Å². The molecule has 0 atom stereocenters. The highest BCUT2D eigenvalue weighted by atomic mass is 16.5. The molecule has 0 aromatic carbocycles. The second kappa shape index (κ2) is 6.15. The number of methoxy groups -OCH3 is 1. The maximum Gasteiger partial charge on any atom is 0.218 e. The number of nitrogens with zero attached hydrogens (tertiary/aromatic N) is 2. The van der Waals surface area contributed by atoms with Crippen LogP contribution in [0.5, 0.6) is 5.88 Å². The third-order valence-corrected chi connectivity index (χ3v) is 1.54. The highest BCUT2D eigenvalue weighted by Gasteiger charge is 1.97. The summed E-state index contributed by atoms with van der Waals surface area (Å²) in [6.45, 7) is 3.89. The first kappa shape index (κ1) is 10.7. The first-order valence-corrected chi connectivity index (χ1v) is 4.54. The predicted molar refractivity (Wildman–Crippen MR) is 53.6 cm³/mol. The molecule has 1 N–H and O–H groups in total. The zero-order valence-corrected chi connectivity index (χ0v) is 8.49. The Morgan fingerprint density at radius 3 is 2.93 bits per heavy atom. The zero-order valence-electron chi connectivity index (χ0n) is 8.49. The van der Waals surface area contributed by atoms with Crippen molar-refractivity contribution in [3.05, 3.63) is 12.4 Å². The molecular formula is C9H15N3O2. The Kier molecular flexibility index (Phi) is 4.71. The Labute approximate surface area is 83.5 Å². The Morgan fingerprint density at radius 2 is 2.21 bits per heavy atom. The van der Waals surface area contributed by atoms with Crippen LogP contribution in [-0.2, 0) is 4.74 Å². The Balaban J connectivity index is 2.46. The van der Waals surface area contributed by atoms with Gasteiger partial charge < -0.3 is 14.8 Å². The fourth-order valence-corrected chi connectivity index (χ4v) is 0.926. The second-order valence-electron chi connectivity index (χ2n) is 2.61. The van der Waals surface area contributed by atoms with E-state index in [1.54, 1.807) is 13.2 Å². The van der Waals surface area contributed by atoms with Gasteiger partial charge >= 0.3 is 0 Å². The van der Waals surface area contributed by atoms with Crippen LogP contribution in [0.4, 0.5) is 5.82 Å². The molecule has 1 rings (SSSR count). The molecule has 0 radical (unpaired) electrons. The predicted octanol–water partition coefficient (Wildman–Crippen LogP) is 0.934. The summed E-state index contributed by atoms with van der Waals surface area (Å²) in [5, 5.41) is 3.08. The summed E-state index contributed by atoms with van der Waals surface area (Å²) < 4.78 is 10.2. The SMILES string of the molecule is CCNc1cc(OCCOC)ncn1. The molecule has 0 saturated carbocycles. The lowest BCUT2D eigenvalue weighted by Crippen LogP contribution is -2.06. The van der Waals surface area contributed by atoms with Crippen LogP contribution in [0.2, 0.25) is 0 Å². The normalized spacial score (nSPS) is 9.86. The minimum atomic E-state index is 0.499. The fourth-order valence-electron chi connectivity index (χ4n) is 0.926. The summed E-state index contributed by atoms with van der Waals surface area (Å²) in [6, 6.07) is 1.76. The zero-order chi connectivity index (χ0) is 10.2. The van der Waals surface area contributed by atoms with E-state index in [2.05, 4.69) is 15.3 Å². The smallest absolute Gasteiger partial charge is 0.218 e. The Hall–Kier alpha value is -1.36. The van der Waals surface area contributed by atoms with Crippen LogP contribution >= 0.6 is 0 Å². The third-order valence-electron chi connectivity index (χ3n) is 1.54. The molecule has 0 aliphatic heterocycles. The van der Waals surface area contributed by atoms with Gasteiger partial charge in [0, 0.05) is 19.7 Å². The van der Waals surface area contributed by atoms with E-state index in [0.717, 1.165) is 12.4 Å². The second-order valence-corrected chi connectivity index (χ2v) is 2.61. The van der Waals surface area contributed by atoms with Crippen LogP contribution in [0.3, 0.4) is 0 Å². The molecule has 1 aromatic heterocycles. The first-order valence-electron chi connectivity index (χ1n) is 4.54. The molecule has 5 nitrogen and oxygen atoms in total. The van der Waals surface area contributed by atoms with Gasteiger partial charge in [0.2, 0.25) is 5.88 Å². The van der Waals surface area contributed by atoms with E-state index in [0.29, 0.717) is 19.1 Å². The summed E-state index contributed by atoms with van der Waals surface area (Å²) in [5.41, 5.74) is 0. The van der Waals surface area contributed by atoms with Crippen molar-refractivity contribution in [3.8, 4) is 5.88 Å². The van der Waals surface area contributed by atoms with Gasteiger partial charge in [0.25, 0.3) is 0 Å². The fraction of sp³-hybridized carbons (Fsp3) is 0.556. The van der Waals surface area contributed by atoms with Crippen molar-refractivity contribution >= 4 is 5.82 Å². The average molecular weight is 197 g/mol. The number of anilines is 1.